The summed E-state index contributed by atoms with van der Waals surface area (Å²) in [5.41, 5.74) is 1.93. The number of carbonyl (C=O) groups is 2. The lowest BCUT2D eigenvalue weighted by Crippen LogP contribution is -2.14. The van der Waals surface area contributed by atoms with E-state index >= 15 is 0 Å². The Morgan fingerprint density at radius 2 is 1.63 bits per heavy atom. The monoisotopic (exact) mass is 375 g/mol. The molecule has 0 saturated carbocycles. The molecule has 7 nitrogen and oxygen atoms in total. The maximum atomic E-state index is 12.5. The van der Waals surface area contributed by atoms with Crippen molar-refractivity contribution in [3.63, 3.8) is 0 Å². The Balaban J connectivity index is 1.73. The first kappa shape index (κ1) is 16.8. The predicted octanol–water partition coefficient (Wildman–Crippen LogP) is 3.01. The second kappa shape index (κ2) is 7.30. The third-order valence-electron chi connectivity index (χ3n) is 3.72. The standard InChI is InChI=1S/C19H13N5O2S/c25-16(12-7-3-1-4-8-12)23-18-14-15(21-11-20-14)22-19(27-18)24-17(26)13-9-5-2-6-10-13/h1-11H,(H,23,25)(H,20,21,22,24,26). The van der Waals surface area contributed by atoms with Crippen LogP contribution in [0.4, 0.5) is 5.00 Å². The van der Waals surface area contributed by atoms with Crippen molar-refractivity contribution in [3.8, 4) is 0 Å². The van der Waals surface area contributed by atoms with Crippen molar-refractivity contribution in [1.29, 1.82) is 0 Å². The maximum absolute atomic E-state index is 12.5. The van der Waals surface area contributed by atoms with Crippen LogP contribution in [0.3, 0.4) is 0 Å². The van der Waals surface area contributed by atoms with Gasteiger partial charge in [-0.25, -0.2) is 4.98 Å². The number of nitrogens with one attached hydrogen (secondary N) is 2. The van der Waals surface area contributed by atoms with Crippen LogP contribution in [0, 0.1) is 0 Å². The van der Waals surface area contributed by atoms with Gasteiger partial charge in [0.05, 0.1) is 6.33 Å². The minimum atomic E-state index is -0.408. The summed E-state index contributed by atoms with van der Waals surface area (Å²) in [7, 11) is 0. The molecule has 2 heterocycles. The molecule has 132 valence electrons. The number of H-pyrrole nitrogens is 1. The topological polar surface area (TPSA) is 100 Å². The van der Waals surface area contributed by atoms with Crippen LogP contribution in [-0.4, -0.2) is 26.8 Å². The Hall–Kier alpha value is -3.65. The van der Waals surface area contributed by atoms with Gasteiger partial charge < -0.3 is 10.3 Å². The molecule has 2 N–H and O–H groups in total. The minimum Gasteiger partial charge on any atom is -0.341 e. The summed E-state index contributed by atoms with van der Waals surface area (Å²) in [6.45, 7) is 0. The second-order valence-corrected chi connectivity index (χ2v) is 6.51. The van der Waals surface area contributed by atoms with E-state index in [1.807, 2.05) is 12.1 Å². The molecule has 2 amide bonds. The molecule has 2 aromatic heterocycles. The van der Waals surface area contributed by atoms with Gasteiger partial charge in [-0.05, 0) is 24.3 Å². The second-order valence-electron chi connectivity index (χ2n) is 5.53. The van der Waals surface area contributed by atoms with Crippen LogP contribution in [0.1, 0.15) is 20.7 Å². The first-order valence-corrected chi connectivity index (χ1v) is 8.87. The van der Waals surface area contributed by atoms with Gasteiger partial charge in [0.1, 0.15) is 10.5 Å². The van der Waals surface area contributed by atoms with Gasteiger partial charge in [0.15, 0.2) is 5.65 Å². The summed E-state index contributed by atoms with van der Waals surface area (Å²) in [5.74, 6) is -0.677. The van der Waals surface area contributed by atoms with Crippen molar-refractivity contribution >= 4 is 39.3 Å². The fraction of sp³-hybridized carbons (Fsp3) is 0. The first-order chi connectivity index (χ1) is 13.2. The predicted molar refractivity (Wildman–Crippen MR) is 102 cm³/mol. The van der Waals surface area contributed by atoms with Crippen molar-refractivity contribution in [2.75, 3.05) is 5.32 Å². The van der Waals surface area contributed by atoms with Gasteiger partial charge in [0, 0.05) is 11.1 Å². The molecule has 8 heteroatoms. The molecule has 4 rings (SSSR count). The van der Waals surface area contributed by atoms with E-state index in [1.165, 1.54) is 6.33 Å². The first-order valence-electron chi connectivity index (χ1n) is 8.05. The van der Waals surface area contributed by atoms with Gasteiger partial charge in [0.25, 0.3) is 11.8 Å². The lowest BCUT2D eigenvalue weighted by molar-refractivity contribution is 0.0996. The molecule has 2 aromatic carbocycles. The quantitative estimate of drug-likeness (QED) is 0.575. The van der Waals surface area contributed by atoms with Crippen molar-refractivity contribution in [2.24, 2.45) is 4.99 Å². The summed E-state index contributed by atoms with van der Waals surface area (Å²) in [5, 5.41) is 3.33. The summed E-state index contributed by atoms with van der Waals surface area (Å²) in [6.07, 6.45) is 1.48. The van der Waals surface area contributed by atoms with E-state index in [1.54, 1.807) is 48.5 Å². The average molecular weight is 375 g/mol. The molecular weight excluding hydrogens is 362 g/mol. The number of carbonyl (C=O) groups excluding carboxylic acids is 2. The van der Waals surface area contributed by atoms with Crippen LogP contribution in [0.25, 0.3) is 11.2 Å². The molecule has 0 radical (unpaired) electrons. The van der Waals surface area contributed by atoms with Crippen molar-refractivity contribution < 1.29 is 9.59 Å². The number of aromatic nitrogens is 3. The molecule has 27 heavy (non-hydrogen) atoms. The van der Waals surface area contributed by atoms with Gasteiger partial charge >= 0.3 is 0 Å². The molecule has 0 bridgehead atoms. The average Bonchev–Trinajstić information content (AvgIpc) is 3.18. The molecule has 0 atom stereocenters. The molecule has 0 aliphatic heterocycles. The Kier molecular flexibility index (Phi) is 4.54. The van der Waals surface area contributed by atoms with E-state index in [2.05, 4.69) is 25.3 Å². The Morgan fingerprint density at radius 1 is 0.963 bits per heavy atom. The zero-order valence-corrected chi connectivity index (χ0v) is 14.7. The Morgan fingerprint density at radius 3 is 2.33 bits per heavy atom. The number of rotatable bonds is 3. The molecule has 0 fully saturated rings. The highest BCUT2D eigenvalue weighted by molar-refractivity contribution is 7.14. The number of amides is 2. The molecule has 0 saturated heterocycles. The number of imidazole rings is 1. The highest BCUT2D eigenvalue weighted by atomic mass is 32.1. The van der Waals surface area contributed by atoms with Crippen molar-refractivity contribution in [3.05, 3.63) is 82.9 Å². The van der Waals surface area contributed by atoms with Gasteiger partial charge in [-0.1, -0.05) is 47.7 Å². The minimum absolute atomic E-state index is 0.215. The zero-order chi connectivity index (χ0) is 18.6. The SMILES string of the molecule is O=C(N=c1nc2nc[nH]c2c(NC(=O)c2ccccc2)s1)c1ccccc1. The molecule has 0 spiro atoms. The van der Waals surface area contributed by atoms with E-state index in [9.17, 15) is 9.59 Å². The van der Waals surface area contributed by atoms with E-state index in [0.717, 1.165) is 11.3 Å². The highest BCUT2D eigenvalue weighted by Gasteiger charge is 2.12. The summed E-state index contributed by atoms with van der Waals surface area (Å²) >= 11 is 1.10. The van der Waals surface area contributed by atoms with E-state index < -0.39 is 5.91 Å². The third kappa shape index (κ3) is 3.65. The van der Waals surface area contributed by atoms with E-state index in [0.29, 0.717) is 27.3 Å². The van der Waals surface area contributed by atoms with Crippen LogP contribution in [0.5, 0.6) is 0 Å². The van der Waals surface area contributed by atoms with Crippen LogP contribution in [0.15, 0.2) is 72.0 Å². The van der Waals surface area contributed by atoms with Crippen LogP contribution in [0.2, 0.25) is 0 Å². The molecular formula is C19H13N5O2S. The van der Waals surface area contributed by atoms with Crippen molar-refractivity contribution in [2.45, 2.75) is 0 Å². The zero-order valence-electron chi connectivity index (χ0n) is 13.9. The fourth-order valence-electron chi connectivity index (χ4n) is 2.43. The van der Waals surface area contributed by atoms with Crippen LogP contribution in [-0.2, 0) is 0 Å². The molecule has 0 aliphatic carbocycles. The lowest BCUT2D eigenvalue weighted by Gasteiger charge is -2.05. The van der Waals surface area contributed by atoms with Gasteiger partial charge in [-0.3, -0.25) is 9.59 Å². The molecule has 4 aromatic rings. The van der Waals surface area contributed by atoms with E-state index in [4.69, 9.17) is 0 Å². The van der Waals surface area contributed by atoms with E-state index in [-0.39, 0.29) is 10.7 Å². The van der Waals surface area contributed by atoms with Crippen molar-refractivity contribution in [1.82, 2.24) is 15.0 Å². The fourth-order valence-corrected chi connectivity index (χ4v) is 3.27. The Labute approximate surface area is 157 Å². The normalized spacial score (nSPS) is 11.5. The molecule has 0 aliphatic rings. The van der Waals surface area contributed by atoms with Gasteiger partial charge in [0.2, 0.25) is 4.80 Å². The summed E-state index contributed by atoms with van der Waals surface area (Å²) in [4.78, 5) is 40.4. The Bertz CT molecular complexity index is 1180. The number of hydrogen-bond acceptors (Lipinski definition) is 5. The summed E-state index contributed by atoms with van der Waals surface area (Å²) in [6, 6.07) is 17.6. The number of hydrogen-bond donors (Lipinski definition) is 2. The number of benzene rings is 2. The third-order valence-corrected chi connectivity index (χ3v) is 4.60. The largest absolute Gasteiger partial charge is 0.341 e. The van der Waals surface area contributed by atoms with Crippen LogP contribution >= 0.6 is 11.3 Å². The summed E-state index contributed by atoms with van der Waals surface area (Å²) < 4.78 is 0. The number of fused-ring (bicyclic) bond motifs is 1. The van der Waals surface area contributed by atoms with Gasteiger partial charge in [-0.2, -0.15) is 9.98 Å². The van der Waals surface area contributed by atoms with Gasteiger partial charge in [-0.15, -0.1) is 0 Å². The lowest BCUT2D eigenvalue weighted by atomic mass is 10.2. The van der Waals surface area contributed by atoms with Crippen LogP contribution < -0.4 is 10.1 Å². The smallest absolute Gasteiger partial charge is 0.279 e. The number of nitrogens with zero attached hydrogens (tertiary/aromatic N) is 3. The number of anilines is 1. The highest BCUT2D eigenvalue weighted by Crippen LogP contribution is 2.21. The number of aromatic amines is 1. The maximum Gasteiger partial charge on any atom is 0.279 e. The molecule has 0 unspecified atom stereocenters.